The Hall–Kier alpha value is -1.80. The summed E-state index contributed by atoms with van der Waals surface area (Å²) in [6.45, 7) is 0.543. The van der Waals surface area contributed by atoms with Gasteiger partial charge in [-0.25, -0.2) is 14.5 Å². The number of hydrogen-bond donors (Lipinski definition) is 1. The molecule has 2 aromatic rings. The first kappa shape index (κ1) is 11.7. The van der Waals surface area contributed by atoms with Crippen LogP contribution in [0, 0.1) is 0 Å². The van der Waals surface area contributed by atoms with E-state index in [0.29, 0.717) is 12.2 Å². The minimum absolute atomic E-state index is 0.0814. The monoisotopic (exact) mass is 254 g/mol. The lowest BCUT2D eigenvalue weighted by atomic mass is 10.3. The van der Waals surface area contributed by atoms with Gasteiger partial charge in [0, 0.05) is 12.5 Å². The number of rotatable bonds is 5. The quantitative estimate of drug-likeness (QED) is 0.841. The van der Waals surface area contributed by atoms with Gasteiger partial charge >= 0.3 is 5.97 Å². The second-order valence-electron chi connectivity index (χ2n) is 3.26. The molecule has 0 saturated carbocycles. The molecule has 0 radical (unpaired) electrons. The number of carboxylic acid groups (broad SMARTS) is 1. The fourth-order valence-electron chi connectivity index (χ4n) is 1.37. The summed E-state index contributed by atoms with van der Waals surface area (Å²) >= 11 is 1.47. The lowest BCUT2D eigenvalue weighted by molar-refractivity contribution is 0.0684. The van der Waals surface area contributed by atoms with E-state index < -0.39 is 5.97 Å². The largest absolute Gasteiger partial charge is 0.476 e. The minimum atomic E-state index is -1.11. The Morgan fingerprint density at radius 2 is 2.47 bits per heavy atom. The molecule has 8 heteroatoms. The van der Waals surface area contributed by atoms with Crippen LogP contribution in [0.25, 0.3) is 0 Å². The maximum Gasteiger partial charge on any atom is 0.358 e. The summed E-state index contributed by atoms with van der Waals surface area (Å²) in [5.74, 6) is -1.11. The van der Waals surface area contributed by atoms with Crippen LogP contribution in [0.3, 0.4) is 0 Å². The third-order valence-corrected chi connectivity index (χ3v) is 2.75. The molecule has 17 heavy (non-hydrogen) atoms. The van der Waals surface area contributed by atoms with Gasteiger partial charge in [0.25, 0.3) is 0 Å². The molecule has 0 amide bonds. The minimum Gasteiger partial charge on any atom is -0.476 e. The first-order chi connectivity index (χ1) is 8.22. The number of thiazole rings is 1. The summed E-state index contributed by atoms with van der Waals surface area (Å²) in [7, 11) is 1.49. The molecule has 0 aliphatic heterocycles. The van der Waals surface area contributed by atoms with Crippen molar-refractivity contribution in [1.29, 1.82) is 0 Å². The van der Waals surface area contributed by atoms with E-state index in [0.717, 1.165) is 5.69 Å². The highest BCUT2D eigenvalue weighted by Gasteiger charge is 2.19. The molecule has 2 heterocycles. The maximum absolute atomic E-state index is 10.9. The molecule has 7 nitrogen and oxygen atoms in total. The first-order valence-corrected chi connectivity index (χ1v) is 5.68. The molecule has 0 fully saturated rings. The highest BCUT2D eigenvalue weighted by atomic mass is 32.1. The van der Waals surface area contributed by atoms with Crippen LogP contribution in [0.4, 0.5) is 0 Å². The number of carboxylic acids is 1. The zero-order valence-corrected chi connectivity index (χ0v) is 9.85. The third kappa shape index (κ3) is 2.48. The summed E-state index contributed by atoms with van der Waals surface area (Å²) in [5, 5.41) is 18.2. The van der Waals surface area contributed by atoms with E-state index in [1.54, 1.807) is 5.51 Å². The summed E-state index contributed by atoms with van der Waals surface area (Å²) in [6.07, 6.45) is 0. The molecule has 2 rings (SSSR count). The standard InChI is InChI=1S/C9H10N4O3S/c1-16-3-7-8(9(14)15)11-12-13(7)2-6-4-17-5-10-6/h4-5H,2-3H2,1H3,(H,14,15). The van der Waals surface area contributed by atoms with E-state index in [4.69, 9.17) is 9.84 Å². The first-order valence-electron chi connectivity index (χ1n) is 4.74. The van der Waals surface area contributed by atoms with Crippen molar-refractivity contribution in [3.05, 3.63) is 28.0 Å². The van der Waals surface area contributed by atoms with Gasteiger partial charge in [-0.15, -0.1) is 16.4 Å². The average Bonchev–Trinajstić information content (AvgIpc) is 2.90. The Morgan fingerprint density at radius 1 is 1.65 bits per heavy atom. The zero-order chi connectivity index (χ0) is 12.3. The van der Waals surface area contributed by atoms with Crippen LogP contribution in [0.5, 0.6) is 0 Å². The zero-order valence-electron chi connectivity index (χ0n) is 9.03. The predicted octanol–water partition coefficient (Wildman–Crippen LogP) is 0.627. The molecule has 1 N–H and O–H groups in total. The van der Waals surface area contributed by atoms with E-state index in [2.05, 4.69) is 15.3 Å². The molecule has 2 aromatic heterocycles. The molecule has 0 aromatic carbocycles. The van der Waals surface area contributed by atoms with E-state index in [9.17, 15) is 4.79 Å². The number of aromatic nitrogens is 4. The van der Waals surface area contributed by atoms with Gasteiger partial charge in [0.2, 0.25) is 0 Å². The summed E-state index contributed by atoms with van der Waals surface area (Å²) in [6, 6.07) is 0. The smallest absolute Gasteiger partial charge is 0.358 e. The molecular weight excluding hydrogens is 244 g/mol. The van der Waals surface area contributed by atoms with Crippen LogP contribution in [0.2, 0.25) is 0 Å². The lowest BCUT2D eigenvalue weighted by Crippen LogP contribution is -2.10. The van der Waals surface area contributed by atoms with Crippen LogP contribution in [0.1, 0.15) is 21.9 Å². The average molecular weight is 254 g/mol. The highest BCUT2D eigenvalue weighted by Crippen LogP contribution is 2.10. The van der Waals surface area contributed by atoms with Gasteiger partial charge in [-0.1, -0.05) is 5.21 Å². The van der Waals surface area contributed by atoms with Crippen molar-refractivity contribution in [3.8, 4) is 0 Å². The van der Waals surface area contributed by atoms with Gasteiger partial charge in [-0.2, -0.15) is 0 Å². The van der Waals surface area contributed by atoms with Gasteiger partial charge in [-0.3, -0.25) is 0 Å². The van der Waals surface area contributed by atoms with Crippen LogP contribution >= 0.6 is 11.3 Å². The molecule has 0 aliphatic carbocycles. The van der Waals surface area contributed by atoms with Crippen LogP contribution in [-0.4, -0.2) is 38.2 Å². The number of methoxy groups -OCH3 is 1. The van der Waals surface area contributed by atoms with Crippen molar-refractivity contribution in [2.24, 2.45) is 0 Å². The molecule has 0 spiro atoms. The predicted molar refractivity (Wildman–Crippen MR) is 58.9 cm³/mol. The van der Waals surface area contributed by atoms with E-state index in [-0.39, 0.29) is 12.3 Å². The third-order valence-electron chi connectivity index (χ3n) is 2.12. The van der Waals surface area contributed by atoms with E-state index >= 15 is 0 Å². The van der Waals surface area contributed by atoms with Gasteiger partial charge in [-0.05, 0) is 0 Å². The topological polar surface area (TPSA) is 90.1 Å². The number of aromatic carboxylic acids is 1. The second kappa shape index (κ2) is 5.02. The molecule has 0 aliphatic rings. The number of hydrogen-bond acceptors (Lipinski definition) is 6. The molecule has 0 bridgehead atoms. The highest BCUT2D eigenvalue weighted by molar-refractivity contribution is 7.07. The van der Waals surface area contributed by atoms with Gasteiger partial charge in [0.15, 0.2) is 5.69 Å². The van der Waals surface area contributed by atoms with Crippen LogP contribution in [0.15, 0.2) is 10.9 Å². The number of carbonyl (C=O) groups is 1. The fourth-order valence-corrected chi connectivity index (χ4v) is 1.92. The molecule has 90 valence electrons. The lowest BCUT2D eigenvalue weighted by Gasteiger charge is -2.04. The summed E-state index contributed by atoms with van der Waals surface area (Å²) in [4.78, 5) is 15.0. The van der Waals surface area contributed by atoms with E-state index in [1.807, 2.05) is 5.38 Å². The number of nitrogens with zero attached hydrogens (tertiary/aromatic N) is 4. The van der Waals surface area contributed by atoms with Crippen molar-refractivity contribution >= 4 is 17.3 Å². The van der Waals surface area contributed by atoms with Gasteiger partial charge < -0.3 is 9.84 Å². The Balaban J connectivity index is 2.30. The maximum atomic E-state index is 10.9. The van der Waals surface area contributed by atoms with Crippen molar-refractivity contribution in [3.63, 3.8) is 0 Å². The summed E-state index contributed by atoms with van der Waals surface area (Å²) in [5.41, 5.74) is 2.88. The van der Waals surface area contributed by atoms with Gasteiger partial charge in [0.05, 0.1) is 30.1 Å². The second-order valence-corrected chi connectivity index (χ2v) is 3.98. The van der Waals surface area contributed by atoms with Crippen molar-refractivity contribution in [1.82, 2.24) is 20.0 Å². The Morgan fingerprint density at radius 3 is 3.06 bits per heavy atom. The Labute approximate surface area is 101 Å². The molecular formula is C9H10N4O3S. The fraction of sp³-hybridized carbons (Fsp3) is 0.333. The van der Waals surface area contributed by atoms with Crippen LogP contribution in [-0.2, 0) is 17.9 Å². The van der Waals surface area contributed by atoms with Crippen molar-refractivity contribution in [2.75, 3.05) is 7.11 Å². The SMILES string of the molecule is COCc1c(C(=O)O)nnn1Cc1cscn1. The Kier molecular flexibility index (Phi) is 3.45. The van der Waals surface area contributed by atoms with Crippen molar-refractivity contribution in [2.45, 2.75) is 13.2 Å². The molecule has 0 saturated heterocycles. The van der Waals surface area contributed by atoms with Crippen LogP contribution < -0.4 is 0 Å². The van der Waals surface area contributed by atoms with E-state index in [1.165, 1.54) is 23.1 Å². The molecule has 0 unspecified atom stereocenters. The molecule has 0 atom stereocenters. The number of ether oxygens (including phenoxy) is 1. The van der Waals surface area contributed by atoms with Gasteiger partial charge in [0.1, 0.15) is 0 Å². The Bertz CT molecular complexity index is 508. The summed E-state index contributed by atoms with van der Waals surface area (Å²) < 4.78 is 6.44. The normalized spacial score (nSPS) is 10.6. The van der Waals surface area contributed by atoms with Crippen molar-refractivity contribution < 1.29 is 14.6 Å².